The average Bonchev–Trinajstić information content (AvgIpc) is 3.06. The number of allylic oxidation sites excluding steroid dienone is 5. The maximum Gasteiger partial charge on any atom is 0.306 e. The molecule has 0 bridgehead atoms. The second-order valence-electron chi connectivity index (χ2n) is 7.48. The van der Waals surface area contributed by atoms with Gasteiger partial charge >= 0.3 is 5.97 Å². The van der Waals surface area contributed by atoms with Gasteiger partial charge in [0.25, 0.3) is 0 Å². The Balaban J connectivity index is 2.31. The fourth-order valence-corrected chi connectivity index (χ4v) is 3.18. The van der Waals surface area contributed by atoms with Crippen molar-refractivity contribution >= 4 is 11.8 Å². The van der Waals surface area contributed by atoms with Gasteiger partial charge < -0.3 is 20.1 Å². The number of esters is 1. The van der Waals surface area contributed by atoms with Crippen LogP contribution in [0.15, 0.2) is 36.5 Å². The highest BCUT2D eigenvalue weighted by Crippen LogP contribution is 2.27. The van der Waals surface area contributed by atoms with Crippen molar-refractivity contribution in [1.29, 1.82) is 0 Å². The summed E-state index contributed by atoms with van der Waals surface area (Å²) in [5, 5.41) is 27.8. The highest BCUT2D eigenvalue weighted by atomic mass is 16.6. The van der Waals surface area contributed by atoms with Gasteiger partial charge in [0.05, 0.1) is 19.3 Å². The number of ketones is 1. The second-order valence-corrected chi connectivity index (χ2v) is 7.48. The van der Waals surface area contributed by atoms with Crippen molar-refractivity contribution in [3.63, 3.8) is 0 Å². The molecule has 0 aromatic carbocycles. The Bertz CT molecular complexity index is 562. The number of carbonyl (C=O) groups is 2. The van der Waals surface area contributed by atoms with Gasteiger partial charge in [0.2, 0.25) is 0 Å². The Kier molecular flexibility index (Phi) is 13.2. The smallest absolute Gasteiger partial charge is 0.306 e. The Hall–Kier alpha value is -1.76. The largest absolute Gasteiger partial charge is 0.457 e. The Labute approximate surface area is 174 Å². The van der Waals surface area contributed by atoms with Crippen molar-refractivity contribution in [2.75, 3.05) is 13.2 Å². The van der Waals surface area contributed by atoms with Gasteiger partial charge in [0, 0.05) is 12.3 Å². The maximum atomic E-state index is 12.1. The lowest BCUT2D eigenvalue weighted by Gasteiger charge is -2.13. The van der Waals surface area contributed by atoms with Crippen LogP contribution in [0.5, 0.6) is 0 Å². The molecule has 0 aliphatic heterocycles. The predicted molar refractivity (Wildman–Crippen MR) is 112 cm³/mol. The summed E-state index contributed by atoms with van der Waals surface area (Å²) in [7, 11) is 0. The molecule has 0 saturated heterocycles. The molecule has 0 aromatic heterocycles. The van der Waals surface area contributed by atoms with Crippen LogP contribution in [0.1, 0.15) is 58.3 Å². The second kappa shape index (κ2) is 15.1. The summed E-state index contributed by atoms with van der Waals surface area (Å²) in [6.07, 6.45) is 16.0. The van der Waals surface area contributed by atoms with E-state index in [2.05, 4.69) is 6.92 Å². The highest BCUT2D eigenvalue weighted by Gasteiger charge is 2.26. The number of hydrogen-bond acceptors (Lipinski definition) is 6. The third-order valence-electron chi connectivity index (χ3n) is 4.97. The summed E-state index contributed by atoms with van der Waals surface area (Å²) in [5.74, 6) is -0.481. The molecule has 0 radical (unpaired) electrons. The van der Waals surface area contributed by atoms with Crippen LogP contribution in [0.4, 0.5) is 0 Å². The summed E-state index contributed by atoms with van der Waals surface area (Å²) in [5.41, 5.74) is 0. The molecule has 1 aliphatic carbocycles. The zero-order chi connectivity index (χ0) is 21.5. The van der Waals surface area contributed by atoms with Gasteiger partial charge in [-0.1, -0.05) is 56.6 Å². The van der Waals surface area contributed by atoms with Gasteiger partial charge in [-0.25, -0.2) is 0 Å². The normalized spacial score (nSPS) is 20.4. The first-order valence-corrected chi connectivity index (χ1v) is 10.7. The van der Waals surface area contributed by atoms with Crippen LogP contribution in [0.2, 0.25) is 0 Å². The number of unbranched alkanes of at least 4 members (excludes halogenated alkanes) is 3. The summed E-state index contributed by atoms with van der Waals surface area (Å²) in [6.45, 7) is 1.35. The fraction of sp³-hybridized carbons (Fsp3) is 0.652. The molecule has 0 saturated carbocycles. The molecular formula is C23H36O6. The molecule has 29 heavy (non-hydrogen) atoms. The van der Waals surface area contributed by atoms with Gasteiger partial charge in [-0.3, -0.25) is 9.59 Å². The number of rotatable bonds is 15. The number of carbonyl (C=O) groups excluding carboxylic acids is 2. The third-order valence-corrected chi connectivity index (χ3v) is 4.97. The molecule has 0 amide bonds. The first kappa shape index (κ1) is 25.3. The van der Waals surface area contributed by atoms with E-state index in [1.165, 1.54) is 0 Å². The maximum absolute atomic E-state index is 12.1. The zero-order valence-electron chi connectivity index (χ0n) is 17.4. The number of aliphatic hydroxyl groups is 3. The lowest BCUT2D eigenvalue weighted by atomic mass is 9.90. The lowest BCUT2D eigenvalue weighted by molar-refractivity contribution is -0.153. The minimum absolute atomic E-state index is 0.0745. The summed E-state index contributed by atoms with van der Waals surface area (Å²) in [4.78, 5) is 23.6. The standard InChI is InChI=1S/C23H36O6/c1-2-3-6-10-19(26)13-14-21-18(12-15-22(21)27)9-7-4-5-8-11-23(28)29-20(16-24)17-25/h4,7,12-15,18-21,24-26H,2-3,5-6,8-11,16-17H2,1H3/b7-4-,14-13+/t18-,19-,21+/m0/s1. The molecule has 3 N–H and O–H groups in total. The van der Waals surface area contributed by atoms with E-state index in [4.69, 9.17) is 14.9 Å². The summed E-state index contributed by atoms with van der Waals surface area (Å²) in [6, 6.07) is 0. The van der Waals surface area contributed by atoms with E-state index < -0.39 is 18.2 Å². The van der Waals surface area contributed by atoms with Crippen LogP contribution in [-0.2, 0) is 14.3 Å². The Morgan fingerprint density at radius 3 is 2.66 bits per heavy atom. The first-order chi connectivity index (χ1) is 14.0. The third kappa shape index (κ3) is 10.5. The Morgan fingerprint density at radius 2 is 1.97 bits per heavy atom. The van der Waals surface area contributed by atoms with Crippen LogP contribution in [0.3, 0.4) is 0 Å². The van der Waals surface area contributed by atoms with Crippen LogP contribution in [0.25, 0.3) is 0 Å². The molecule has 164 valence electrons. The molecular weight excluding hydrogens is 372 g/mol. The fourth-order valence-electron chi connectivity index (χ4n) is 3.18. The van der Waals surface area contributed by atoms with Crippen LogP contribution in [0, 0.1) is 11.8 Å². The molecule has 0 heterocycles. The molecule has 6 heteroatoms. The number of ether oxygens (including phenoxy) is 1. The minimum atomic E-state index is -0.847. The molecule has 1 rings (SSSR count). The molecule has 0 aromatic rings. The van der Waals surface area contributed by atoms with Crippen molar-refractivity contribution in [1.82, 2.24) is 0 Å². The number of hydrogen-bond donors (Lipinski definition) is 3. The van der Waals surface area contributed by atoms with Crippen molar-refractivity contribution < 1.29 is 29.6 Å². The van der Waals surface area contributed by atoms with Gasteiger partial charge in [-0.05, 0) is 37.7 Å². The van der Waals surface area contributed by atoms with E-state index in [0.29, 0.717) is 12.8 Å². The average molecular weight is 409 g/mol. The molecule has 6 nitrogen and oxygen atoms in total. The van der Waals surface area contributed by atoms with E-state index >= 15 is 0 Å². The molecule has 0 unspecified atom stereocenters. The molecule has 0 fully saturated rings. The van der Waals surface area contributed by atoms with Gasteiger partial charge in [0.1, 0.15) is 6.10 Å². The van der Waals surface area contributed by atoms with Gasteiger partial charge in [-0.2, -0.15) is 0 Å². The van der Waals surface area contributed by atoms with Crippen molar-refractivity contribution in [2.45, 2.75) is 70.5 Å². The minimum Gasteiger partial charge on any atom is -0.457 e. The van der Waals surface area contributed by atoms with Crippen molar-refractivity contribution in [2.24, 2.45) is 11.8 Å². The molecule has 1 aliphatic rings. The first-order valence-electron chi connectivity index (χ1n) is 10.7. The zero-order valence-corrected chi connectivity index (χ0v) is 17.4. The lowest BCUT2D eigenvalue weighted by Crippen LogP contribution is -2.25. The van der Waals surface area contributed by atoms with Crippen LogP contribution >= 0.6 is 0 Å². The Morgan fingerprint density at radius 1 is 1.21 bits per heavy atom. The van der Waals surface area contributed by atoms with E-state index in [0.717, 1.165) is 32.1 Å². The van der Waals surface area contributed by atoms with E-state index in [1.54, 1.807) is 12.2 Å². The quantitative estimate of drug-likeness (QED) is 0.219. The highest BCUT2D eigenvalue weighted by molar-refractivity contribution is 5.95. The van der Waals surface area contributed by atoms with E-state index in [1.807, 2.05) is 24.3 Å². The van der Waals surface area contributed by atoms with Crippen molar-refractivity contribution in [3.05, 3.63) is 36.5 Å². The van der Waals surface area contributed by atoms with Crippen LogP contribution in [-0.4, -0.2) is 52.5 Å². The summed E-state index contributed by atoms with van der Waals surface area (Å²) < 4.78 is 4.90. The number of aliphatic hydroxyl groups excluding tert-OH is 3. The molecule has 0 spiro atoms. The van der Waals surface area contributed by atoms with Gasteiger partial charge in [0.15, 0.2) is 5.78 Å². The summed E-state index contributed by atoms with van der Waals surface area (Å²) >= 11 is 0. The van der Waals surface area contributed by atoms with E-state index in [9.17, 15) is 14.7 Å². The van der Waals surface area contributed by atoms with Crippen molar-refractivity contribution in [3.8, 4) is 0 Å². The predicted octanol–water partition coefficient (Wildman–Crippen LogP) is 2.87. The van der Waals surface area contributed by atoms with Gasteiger partial charge in [-0.15, -0.1) is 0 Å². The topological polar surface area (TPSA) is 104 Å². The monoisotopic (exact) mass is 408 g/mol. The van der Waals surface area contributed by atoms with Crippen LogP contribution < -0.4 is 0 Å². The van der Waals surface area contributed by atoms with E-state index in [-0.39, 0.29) is 37.3 Å². The SMILES string of the molecule is CCCCC[C@H](O)/C=C/[C@H]1C(=O)C=C[C@@H]1C/C=C\CCCC(=O)OC(CO)CO. The molecule has 3 atom stereocenters.